The molecule has 1 N–H and O–H groups in total. The SMILES string of the molecule is CC[Si](CC)(CC)O[C@H](CCc1ccccc1)[C@H](C)[C@H](O)[C@H](C)C#CCOC(C)=O. The van der Waals surface area contributed by atoms with Crippen molar-refractivity contribution in [1.29, 1.82) is 0 Å². The van der Waals surface area contributed by atoms with Gasteiger partial charge in [0.25, 0.3) is 0 Å². The van der Waals surface area contributed by atoms with Crippen LogP contribution in [-0.4, -0.2) is 38.2 Å². The van der Waals surface area contributed by atoms with Crippen molar-refractivity contribution in [2.24, 2.45) is 11.8 Å². The van der Waals surface area contributed by atoms with Crippen molar-refractivity contribution in [3.63, 3.8) is 0 Å². The van der Waals surface area contributed by atoms with Gasteiger partial charge in [-0.1, -0.05) is 69.9 Å². The predicted molar refractivity (Wildman–Crippen MR) is 126 cm³/mol. The van der Waals surface area contributed by atoms with Crippen molar-refractivity contribution in [3.8, 4) is 11.8 Å². The van der Waals surface area contributed by atoms with E-state index >= 15 is 0 Å². The molecule has 0 saturated carbocycles. The third kappa shape index (κ3) is 8.63. The molecule has 0 unspecified atom stereocenters. The minimum atomic E-state index is -1.81. The Balaban J connectivity index is 2.92. The zero-order chi connectivity index (χ0) is 22.6. The topological polar surface area (TPSA) is 55.8 Å². The van der Waals surface area contributed by atoms with Crippen LogP contribution in [0.2, 0.25) is 18.1 Å². The van der Waals surface area contributed by atoms with Crippen LogP contribution in [0.25, 0.3) is 0 Å². The molecule has 0 heterocycles. The molecule has 4 atom stereocenters. The van der Waals surface area contributed by atoms with E-state index in [1.54, 1.807) is 0 Å². The van der Waals surface area contributed by atoms with E-state index in [9.17, 15) is 9.90 Å². The Morgan fingerprint density at radius 2 is 1.70 bits per heavy atom. The Hall–Kier alpha value is -1.61. The molecule has 1 aromatic carbocycles. The number of hydrogen-bond acceptors (Lipinski definition) is 4. The fourth-order valence-electron chi connectivity index (χ4n) is 3.80. The number of aryl methyl sites for hydroxylation is 1. The molecular weight excluding hydrogens is 392 g/mol. The van der Waals surface area contributed by atoms with Crippen molar-refractivity contribution in [2.75, 3.05) is 6.61 Å². The maximum atomic E-state index is 11.0. The van der Waals surface area contributed by atoms with Gasteiger partial charge in [-0.3, -0.25) is 4.79 Å². The fourth-order valence-corrected chi connectivity index (χ4v) is 6.78. The number of carbonyl (C=O) groups is 1. The Kier molecular flexibility index (Phi) is 12.0. The highest BCUT2D eigenvalue weighted by atomic mass is 28.4. The molecule has 4 nitrogen and oxygen atoms in total. The number of hydrogen-bond donors (Lipinski definition) is 1. The summed E-state index contributed by atoms with van der Waals surface area (Å²) in [6.07, 6.45) is 1.19. The monoisotopic (exact) mass is 432 g/mol. The second kappa shape index (κ2) is 13.6. The highest BCUT2D eigenvalue weighted by molar-refractivity contribution is 6.73. The van der Waals surface area contributed by atoms with Crippen LogP contribution < -0.4 is 0 Å². The predicted octanol–water partition coefficient (Wildman–Crippen LogP) is 5.21. The first-order valence-corrected chi connectivity index (χ1v) is 13.8. The van der Waals surface area contributed by atoms with Crippen molar-refractivity contribution >= 4 is 14.3 Å². The van der Waals surface area contributed by atoms with E-state index in [1.165, 1.54) is 12.5 Å². The molecule has 0 radical (unpaired) electrons. The number of rotatable bonds is 12. The van der Waals surface area contributed by atoms with Gasteiger partial charge in [0.1, 0.15) is 0 Å². The van der Waals surface area contributed by atoms with Gasteiger partial charge in [0.2, 0.25) is 0 Å². The van der Waals surface area contributed by atoms with Crippen molar-refractivity contribution in [2.45, 2.75) is 84.7 Å². The Bertz CT molecular complexity index is 667. The highest BCUT2D eigenvalue weighted by Gasteiger charge is 2.36. The highest BCUT2D eigenvalue weighted by Crippen LogP contribution is 2.30. The first-order valence-electron chi connectivity index (χ1n) is 11.3. The van der Waals surface area contributed by atoms with Crippen LogP contribution in [0, 0.1) is 23.7 Å². The van der Waals surface area contributed by atoms with Crippen LogP contribution in [0.4, 0.5) is 0 Å². The van der Waals surface area contributed by atoms with E-state index in [0.717, 1.165) is 31.0 Å². The first-order chi connectivity index (χ1) is 14.3. The lowest BCUT2D eigenvalue weighted by Crippen LogP contribution is -2.45. The third-order valence-electron chi connectivity index (χ3n) is 6.21. The molecule has 0 aromatic heterocycles. The number of esters is 1. The van der Waals surface area contributed by atoms with E-state index in [0.29, 0.717) is 0 Å². The van der Waals surface area contributed by atoms with Crippen LogP contribution in [0.15, 0.2) is 30.3 Å². The van der Waals surface area contributed by atoms with Crippen LogP contribution in [0.1, 0.15) is 53.5 Å². The van der Waals surface area contributed by atoms with Gasteiger partial charge in [0, 0.05) is 18.8 Å². The summed E-state index contributed by atoms with van der Waals surface area (Å²) >= 11 is 0. The Morgan fingerprint density at radius 3 is 2.23 bits per heavy atom. The second-order valence-corrected chi connectivity index (χ2v) is 12.9. The van der Waals surface area contributed by atoms with Gasteiger partial charge in [-0.25, -0.2) is 0 Å². The quantitative estimate of drug-likeness (QED) is 0.280. The summed E-state index contributed by atoms with van der Waals surface area (Å²) in [6.45, 7) is 12.1. The fraction of sp³-hybridized carbons (Fsp3) is 0.640. The molecule has 0 amide bonds. The number of ether oxygens (including phenoxy) is 1. The van der Waals surface area contributed by atoms with E-state index in [4.69, 9.17) is 9.16 Å². The molecule has 0 saturated heterocycles. The third-order valence-corrected chi connectivity index (χ3v) is 10.9. The summed E-state index contributed by atoms with van der Waals surface area (Å²) in [5.41, 5.74) is 1.29. The number of carbonyl (C=O) groups excluding carboxylic acids is 1. The summed E-state index contributed by atoms with van der Waals surface area (Å²) < 4.78 is 11.7. The molecule has 30 heavy (non-hydrogen) atoms. The lowest BCUT2D eigenvalue weighted by atomic mass is 9.87. The molecule has 0 aliphatic heterocycles. The summed E-state index contributed by atoms with van der Waals surface area (Å²) in [5, 5.41) is 11.0. The second-order valence-electron chi connectivity index (χ2n) is 8.16. The summed E-state index contributed by atoms with van der Waals surface area (Å²) in [6, 6.07) is 13.7. The smallest absolute Gasteiger partial charge is 0.303 e. The van der Waals surface area contributed by atoms with E-state index in [1.807, 2.05) is 13.0 Å². The summed E-state index contributed by atoms with van der Waals surface area (Å²) in [5.74, 6) is 5.27. The Morgan fingerprint density at radius 1 is 1.10 bits per heavy atom. The molecule has 5 heteroatoms. The lowest BCUT2D eigenvalue weighted by Gasteiger charge is -2.38. The maximum absolute atomic E-state index is 11.0. The van der Waals surface area contributed by atoms with Gasteiger partial charge in [-0.05, 0) is 43.5 Å². The van der Waals surface area contributed by atoms with Crippen molar-refractivity contribution < 1.29 is 19.1 Å². The summed E-state index contributed by atoms with van der Waals surface area (Å²) in [7, 11) is -1.81. The number of aliphatic hydroxyl groups is 1. The minimum absolute atomic E-state index is 0.00978. The Labute approximate surface area is 184 Å². The molecule has 0 bridgehead atoms. The van der Waals surface area contributed by atoms with E-state index in [2.05, 4.69) is 63.8 Å². The normalized spacial score (nSPS) is 15.4. The van der Waals surface area contributed by atoms with Gasteiger partial charge in [0.15, 0.2) is 14.9 Å². The van der Waals surface area contributed by atoms with Gasteiger partial charge in [0.05, 0.1) is 12.2 Å². The number of aliphatic hydroxyl groups excluding tert-OH is 1. The van der Waals surface area contributed by atoms with Crippen molar-refractivity contribution in [3.05, 3.63) is 35.9 Å². The van der Waals surface area contributed by atoms with Gasteiger partial charge in [-0.15, -0.1) is 0 Å². The largest absolute Gasteiger partial charge is 0.453 e. The van der Waals surface area contributed by atoms with Crippen LogP contribution in [0.5, 0.6) is 0 Å². The van der Waals surface area contributed by atoms with Crippen LogP contribution in [0.3, 0.4) is 0 Å². The maximum Gasteiger partial charge on any atom is 0.303 e. The minimum Gasteiger partial charge on any atom is -0.453 e. The molecule has 0 aliphatic carbocycles. The average Bonchev–Trinajstić information content (AvgIpc) is 2.77. The first kappa shape index (κ1) is 26.4. The zero-order valence-corrected chi connectivity index (χ0v) is 20.6. The molecule has 0 spiro atoms. The van der Waals surface area contributed by atoms with E-state index < -0.39 is 14.4 Å². The van der Waals surface area contributed by atoms with Crippen molar-refractivity contribution in [1.82, 2.24) is 0 Å². The molecule has 1 rings (SSSR count). The summed E-state index contributed by atoms with van der Waals surface area (Å²) in [4.78, 5) is 10.9. The van der Waals surface area contributed by atoms with Gasteiger partial charge in [-0.2, -0.15) is 0 Å². The van der Waals surface area contributed by atoms with Crippen LogP contribution >= 0.6 is 0 Å². The molecule has 1 aromatic rings. The van der Waals surface area contributed by atoms with Gasteiger partial charge >= 0.3 is 5.97 Å². The average molecular weight is 433 g/mol. The molecule has 0 aliphatic rings. The van der Waals surface area contributed by atoms with Gasteiger partial charge < -0.3 is 14.3 Å². The van der Waals surface area contributed by atoms with E-state index in [-0.39, 0.29) is 30.5 Å². The lowest BCUT2D eigenvalue weighted by molar-refractivity contribution is -0.139. The zero-order valence-electron chi connectivity index (χ0n) is 19.6. The molecular formula is C25H40O4Si. The van der Waals surface area contributed by atoms with Crippen LogP contribution in [-0.2, 0) is 20.4 Å². The molecule has 0 fully saturated rings. The number of benzene rings is 1. The standard InChI is InChI=1S/C25H40O4Si/c1-7-30(8-2,9-3)29-24(18-17-23-15-11-10-12-16-23)21(5)25(27)20(4)14-13-19-28-22(6)26/h10-12,15-16,20-21,24-25,27H,7-9,17-19H2,1-6H3/t20-,21+,24-,25-/m1/s1. The molecule has 168 valence electrons.